The molecule has 18 heavy (non-hydrogen) atoms. The van der Waals surface area contributed by atoms with Crippen molar-refractivity contribution in [1.29, 1.82) is 0 Å². The summed E-state index contributed by atoms with van der Waals surface area (Å²) in [5, 5.41) is 6.24. The van der Waals surface area contributed by atoms with Crippen LogP contribution >= 0.6 is 0 Å². The van der Waals surface area contributed by atoms with Crippen molar-refractivity contribution in [3.8, 4) is 0 Å². The second-order valence-corrected chi connectivity index (χ2v) is 4.58. The number of carbonyl (C=O) groups is 1. The van der Waals surface area contributed by atoms with Crippen molar-refractivity contribution in [3.63, 3.8) is 0 Å². The maximum Gasteiger partial charge on any atom is 0.407 e. The quantitative estimate of drug-likeness (QED) is 0.860. The molecular formula is C14H20N2O2. The Morgan fingerprint density at radius 2 is 2.11 bits per heavy atom. The normalized spacial score (nSPS) is 19.9. The Morgan fingerprint density at radius 1 is 1.28 bits per heavy atom. The van der Waals surface area contributed by atoms with Gasteiger partial charge in [0.2, 0.25) is 0 Å². The van der Waals surface area contributed by atoms with Gasteiger partial charge in [0.15, 0.2) is 0 Å². The number of alkyl carbamates (subject to hydrolysis) is 1. The molecule has 0 saturated carbocycles. The fraction of sp³-hybridized carbons (Fsp3) is 0.500. The summed E-state index contributed by atoms with van der Waals surface area (Å²) < 4.78 is 5.20. The lowest BCUT2D eigenvalue weighted by Crippen LogP contribution is -2.35. The number of benzene rings is 1. The lowest BCUT2D eigenvalue weighted by molar-refractivity contribution is 0.135. The molecule has 0 bridgehead atoms. The average Bonchev–Trinajstić information content (AvgIpc) is 2.66. The summed E-state index contributed by atoms with van der Waals surface area (Å²) in [6, 6.07) is 9.96. The Hall–Kier alpha value is -1.55. The average molecular weight is 248 g/mol. The number of hydrogen-bond acceptors (Lipinski definition) is 3. The number of rotatable bonds is 3. The number of nitrogens with one attached hydrogen (secondary N) is 2. The highest BCUT2D eigenvalue weighted by molar-refractivity contribution is 5.67. The van der Waals surface area contributed by atoms with Crippen LogP contribution in [-0.4, -0.2) is 25.2 Å². The fourth-order valence-electron chi connectivity index (χ4n) is 2.09. The summed E-state index contributed by atoms with van der Waals surface area (Å²) in [5.41, 5.74) is 1.01. The predicted molar refractivity (Wildman–Crippen MR) is 70.3 cm³/mol. The molecule has 4 nitrogen and oxygen atoms in total. The summed E-state index contributed by atoms with van der Waals surface area (Å²) in [7, 11) is 0. The summed E-state index contributed by atoms with van der Waals surface area (Å²) in [5.74, 6) is 0. The molecule has 1 amide bonds. The highest BCUT2D eigenvalue weighted by atomic mass is 16.5. The van der Waals surface area contributed by atoms with Crippen LogP contribution in [0.2, 0.25) is 0 Å². The van der Waals surface area contributed by atoms with Crippen molar-refractivity contribution < 1.29 is 9.53 Å². The van der Waals surface area contributed by atoms with Gasteiger partial charge in [0.1, 0.15) is 6.61 Å². The van der Waals surface area contributed by atoms with Crippen molar-refractivity contribution in [1.82, 2.24) is 10.6 Å². The van der Waals surface area contributed by atoms with E-state index in [-0.39, 0.29) is 12.1 Å². The molecule has 0 aromatic heterocycles. The molecule has 0 unspecified atom stereocenters. The molecule has 0 radical (unpaired) electrons. The molecule has 1 aromatic rings. The monoisotopic (exact) mass is 248 g/mol. The molecule has 1 heterocycles. The van der Waals surface area contributed by atoms with Crippen LogP contribution in [0.15, 0.2) is 30.3 Å². The minimum absolute atomic E-state index is 0.239. The SMILES string of the molecule is O=C(N[C@H]1CCCNCC1)OCc1ccccc1. The van der Waals surface area contributed by atoms with Crippen molar-refractivity contribution in [2.24, 2.45) is 0 Å². The van der Waals surface area contributed by atoms with Gasteiger partial charge in [-0.1, -0.05) is 30.3 Å². The highest BCUT2D eigenvalue weighted by Crippen LogP contribution is 2.06. The Morgan fingerprint density at radius 3 is 2.94 bits per heavy atom. The van der Waals surface area contributed by atoms with Crippen LogP contribution in [0.4, 0.5) is 4.79 Å². The van der Waals surface area contributed by atoms with Crippen molar-refractivity contribution in [2.45, 2.75) is 31.9 Å². The Balaban J connectivity index is 1.71. The van der Waals surface area contributed by atoms with Gasteiger partial charge in [-0.3, -0.25) is 0 Å². The topological polar surface area (TPSA) is 50.4 Å². The van der Waals surface area contributed by atoms with Crippen LogP contribution in [0.3, 0.4) is 0 Å². The molecule has 1 aliphatic heterocycles. The first-order valence-electron chi connectivity index (χ1n) is 6.52. The summed E-state index contributed by atoms with van der Waals surface area (Å²) in [6.45, 7) is 2.33. The second-order valence-electron chi connectivity index (χ2n) is 4.58. The Kier molecular flexibility index (Phi) is 5.02. The first-order chi connectivity index (χ1) is 8.84. The smallest absolute Gasteiger partial charge is 0.407 e. The molecular weight excluding hydrogens is 228 g/mol. The summed E-state index contributed by atoms with van der Waals surface area (Å²) in [4.78, 5) is 11.6. The van der Waals surface area contributed by atoms with E-state index in [4.69, 9.17) is 4.74 Å². The van der Waals surface area contributed by atoms with Crippen LogP contribution < -0.4 is 10.6 Å². The van der Waals surface area contributed by atoms with Crippen LogP contribution in [0, 0.1) is 0 Å². The van der Waals surface area contributed by atoms with E-state index in [2.05, 4.69) is 10.6 Å². The second kappa shape index (κ2) is 7.01. The lowest BCUT2D eigenvalue weighted by Gasteiger charge is -2.15. The minimum Gasteiger partial charge on any atom is -0.445 e. The number of ether oxygens (including phenoxy) is 1. The molecule has 1 fully saturated rings. The van der Waals surface area contributed by atoms with E-state index in [9.17, 15) is 4.79 Å². The van der Waals surface area contributed by atoms with E-state index >= 15 is 0 Å². The van der Waals surface area contributed by atoms with E-state index in [0.717, 1.165) is 37.9 Å². The molecule has 2 N–H and O–H groups in total. The predicted octanol–water partition coefficient (Wildman–Crippen LogP) is 2.05. The van der Waals surface area contributed by atoms with E-state index in [0.29, 0.717) is 6.61 Å². The molecule has 1 aromatic carbocycles. The first kappa shape index (κ1) is 12.9. The maximum atomic E-state index is 11.6. The number of carbonyl (C=O) groups excluding carboxylic acids is 1. The third kappa shape index (κ3) is 4.37. The van der Waals surface area contributed by atoms with E-state index in [1.54, 1.807) is 0 Å². The van der Waals surface area contributed by atoms with E-state index in [1.807, 2.05) is 30.3 Å². The zero-order valence-corrected chi connectivity index (χ0v) is 10.5. The molecule has 0 spiro atoms. The first-order valence-corrected chi connectivity index (χ1v) is 6.52. The van der Waals surface area contributed by atoms with Gasteiger partial charge in [-0.05, 0) is 37.9 Å². The molecule has 4 heteroatoms. The van der Waals surface area contributed by atoms with Crippen molar-refractivity contribution in [3.05, 3.63) is 35.9 Å². The van der Waals surface area contributed by atoms with Gasteiger partial charge in [0, 0.05) is 6.04 Å². The van der Waals surface area contributed by atoms with Crippen molar-refractivity contribution >= 4 is 6.09 Å². The number of amides is 1. The third-order valence-electron chi connectivity index (χ3n) is 3.11. The van der Waals surface area contributed by atoms with Crippen molar-refractivity contribution in [2.75, 3.05) is 13.1 Å². The van der Waals surface area contributed by atoms with Crippen LogP contribution in [0.1, 0.15) is 24.8 Å². The maximum absolute atomic E-state index is 11.6. The number of hydrogen-bond donors (Lipinski definition) is 2. The fourth-order valence-corrected chi connectivity index (χ4v) is 2.09. The van der Waals surface area contributed by atoms with E-state index < -0.39 is 0 Å². The van der Waals surface area contributed by atoms with Crippen LogP contribution in [0.5, 0.6) is 0 Å². The van der Waals surface area contributed by atoms with Gasteiger partial charge in [-0.15, -0.1) is 0 Å². The van der Waals surface area contributed by atoms with Gasteiger partial charge < -0.3 is 15.4 Å². The van der Waals surface area contributed by atoms with Gasteiger partial charge >= 0.3 is 6.09 Å². The third-order valence-corrected chi connectivity index (χ3v) is 3.11. The zero-order valence-electron chi connectivity index (χ0n) is 10.5. The van der Waals surface area contributed by atoms with Gasteiger partial charge in [-0.25, -0.2) is 4.79 Å². The van der Waals surface area contributed by atoms with Gasteiger partial charge in [0.25, 0.3) is 0 Å². The molecule has 0 aliphatic carbocycles. The summed E-state index contributed by atoms with van der Waals surface area (Å²) in [6.07, 6.45) is 2.78. The van der Waals surface area contributed by atoms with E-state index in [1.165, 1.54) is 0 Å². The highest BCUT2D eigenvalue weighted by Gasteiger charge is 2.14. The Labute approximate surface area is 108 Å². The lowest BCUT2D eigenvalue weighted by atomic mass is 10.1. The van der Waals surface area contributed by atoms with Gasteiger partial charge in [0.05, 0.1) is 0 Å². The molecule has 1 atom stereocenters. The van der Waals surface area contributed by atoms with Crippen LogP contribution in [-0.2, 0) is 11.3 Å². The molecule has 2 rings (SSSR count). The standard InChI is InChI=1S/C14H20N2O2/c17-14(16-13-7-4-9-15-10-8-13)18-11-12-5-2-1-3-6-12/h1-3,5-6,13,15H,4,7-11H2,(H,16,17)/t13-/m0/s1. The molecule has 1 saturated heterocycles. The van der Waals surface area contributed by atoms with Gasteiger partial charge in [-0.2, -0.15) is 0 Å². The minimum atomic E-state index is -0.314. The summed E-state index contributed by atoms with van der Waals surface area (Å²) >= 11 is 0. The Bertz CT molecular complexity index is 359. The van der Waals surface area contributed by atoms with Crippen LogP contribution in [0.25, 0.3) is 0 Å². The molecule has 1 aliphatic rings. The zero-order chi connectivity index (χ0) is 12.6. The molecule has 98 valence electrons. The largest absolute Gasteiger partial charge is 0.445 e.